The van der Waals surface area contributed by atoms with Gasteiger partial charge in [-0.05, 0) is 17.7 Å². The average Bonchev–Trinajstić information content (AvgIpc) is 3.26. The van der Waals surface area contributed by atoms with Crippen LogP contribution in [0.25, 0.3) is 0 Å². The molecule has 0 bridgehead atoms. The van der Waals surface area contributed by atoms with Gasteiger partial charge in [0.2, 0.25) is 11.8 Å². The van der Waals surface area contributed by atoms with E-state index in [-0.39, 0.29) is 44.5 Å². The number of amides is 2. The lowest BCUT2D eigenvalue weighted by Gasteiger charge is -2.40. The number of ether oxygens (including phenoxy) is 2. The SMILES string of the molecule is COCCC(=O)N(Cc1ccccc1)[C@@H]1C=C(C(=O)NCCO)[C@@H]2c3ccccc3O[C@@H]2[C@H]1O. The van der Waals surface area contributed by atoms with Crippen LogP contribution >= 0.6 is 0 Å². The molecule has 0 saturated heterocycles. The molecule has 8 heteroatoms. The smallest absolute Gasteiger partial charge is 0.247 e. The van der Waals surface area contributed by atoms with Crippen molar-refractivity contribution < 1.29 is 29.3 Å². The standard InChI is InChI=1S/C26H30N2O6/c1-33-14-11-22(30)28(16-17-7-3-2-4-8-17)20-15-19(26(32)27-12-13-29)23-18-9-5-6-10-21(18)34-25(23)24(20)31/h2-10,15,20,23-25,29,31H,11-14,16H2,1H3,(H,27,32)/t20-,23+,24+,25+/m1/s1. The third kappa shape index (κ3) is 4.84. The number of benzene rings is 2. The van der Waals surface area contributed by atoms with Gasteiger partial charge < -0.3 is 29.9 Å². The summed E-state index contributed by atoms with van der Waals surface area (Å²) in [5, 5.41) is 23.4. The molecule has 1 aliphatic carbocycles. The van der Waals surface area contributed by atoms with E-state index >= 15 is 0 Å². The Hall–Kier alpha value is -3.20. The Bertz CT molecular complexity index is 1040. The third-order valence-corrected chi connectivity index (χ3v) is 6.27. The first-order valence-electron chi connectivity index (χ1n) is 11.4. The fourth-order valence-electron chi connectivity index (χ4n) is 4.66. The van der Waals surface area contributed by atoms with Crippen molar-refractivity contribution in [1.82, 2.24) is 10.2 Å². The van der Waals surface area contributed by atoms with Gasteiger partial charge >= 0.3 is 0 Å². The van der Waals surface area contributed by atoms with Crippen LogP contribution in [0.2, 0.25) is 0 Å². The van der Waals surface area contributed by atoms with Crippen LogP contribution in [0.1, 0.15) is 23.5 Å². The van der Waals surface area contributed by atoms with Crippen molar-refractivity contribution in [2.24, 2.45) is 0 Å². The van der Waals surface area contributed by atoms with E-state index in [0.29, 0.717) is 11.3 Å². The predicted octanol–water partition coefficient (Wildman–Crippen LogP) is 1.37. The first-order valence-corrected chi connectivity index (χ1v) is 11.4. The molecule has 1 heterocycles. The summed E-state index contributed by atoms with van der Waals surface area (Å²) in [5.74, 6) is -0.424. The molecule has 34 heavy (non-hydrogen) atoms. The number of rotatable bonds is 9. The summed E-state index contributed by atoms with van der Waals surface area (Å²) < 4.78 is 11.2. The van der Waals surface area contributed by atoms with Gasteiger partial charge in [-0.1, -0.05) is 48.5 Å². The van der Waals surface area contributed by atoms with Crippen LogP contribution < -0.4 is 10.1 Å². The minimum absolute atomic E-state index is 0.101. The highest BCUT2D eigenvalue weighted by Crippen LogP contribution is 2.47. The third-order valence-electron chi connectivity index (χ3n) is 6.27. The molecule has 0 saturated carbocycles. The molecule has 0 unspecified atom stereocenters. The summed E-state index contributed by atoms with van der Waals surface area (Å²) in [6.45, 7) is 0.414. The largest absolute Gasteiger partial charge is 0.486 e. The Morgan fingerprint density at radius 3 is 2.59 bits per heavy atom. The lowest BCUT2D eigenvalue weighted by Crippen LogP contribution is -2.55. The number of methoxy groups -OCH3 is 1. The Labute approximate surface area is 198 Å². The van der Waals surface area contributed by atoms with E-state index in [2.05, 4.69) is 5.32 Å². The normalized spacial score (nSPS) is 22.7. The van der Waals surface area contributed by atoms with Crippen LogP contribution in [0.5, 0.6) is 5.75 Å². The molecular formula is C26H30N2O6. The van der Waals surface area contributed by atoms with Crippen molar-refractivity contribution in [3.05, 3.63) is 77.4 Å². The number of para-hydroxylation sites is 1. The van der Waals surface area contributed by atoms with Crippen LogP contribution in [0.15, 0.2) is 66.2 Å². The van der Waals surface area contributed by atoms with Gasteiger partial charge in [0, 0.05) is 31.3 Å². The Balaban J connectivity index is 1.74. The maximum absolute atomic E-state index is 13.2. The number of fused-ring (bicyclic) bond motifs is 3. The lowest BCUT2D eigenvalue weighted by atomic mass is 9.77. The van der Waals surface area contributed by atoms with Crippen LogP contribution in [0, 0.1) is 0 Å². The first kappa shape index (κ1) is 23.9. The van der Waals surface area contributed by atoms with Crippen LogP contribution in [-0.2, 0) is 20.9 Å². The number of nitrogens with one attached hydrogen (secondary N) is 1. The summed E-state index contributed by atoms with van der Waals surface area (Å²) in [7, 11) is 1.53. The van der Waals surface area contributed by atoms with Gasteiger partial charge in [0.25, 0.3) is 0 Å². The van der Waals surface area contributed by atoms with E-state index in [1.807, 2.05) is 54.6 Å². The highest BCUT2D eigenvalue weighted by molar-refractivity contribution is 5.96. The molecule has 2 aromatic rings. The summed E-state index contributed by atoms with van der Waals surface area (Å²) in [5.41, 5.74) is 2.13. The number of aliphatic hydroxyl groups is 2. The molecular weight excluding hydrogens is 436 g/mol. The van der Waals surface area contributed by atoms with E-state index in [1.165, 1.54) is 7.11 Å². The van der Waals surface area contributed by atoms with Gasteiger partial charge in [-0.25, -0.2) is 0 Å². The topological polar surface area (TPSA) is 108 Å². The van der Waals surface area contributed by atoms with Crippen LogP contribution in [-0.4, -0.2) is 72.0 Å². The molecule has 3 N–H and O–H groups in total. The maximum Gasteiger partial charge on any atom is 0.247 e. The van der Waals surface area contributed by atoms with E-state index in [9.17, 15) is 19.8 Å². The van der Waals surface area contributed by atoms with E-state index in [4.69, 9.17) is 9.47 Å². The summed E-state index contributed by atoms with van der Waals surface area (Å²) in [4.78, 5) is 28.0. The molecule has 4 atom stereocenters. The number of hydrogen-bond acceptors (Lipinski definition) is 6. The Morgan fingerprint density at radius 2 is 1.85 bits per heavy atom. The van der Waals surface area contributed by atoms with Gasteiger partial charge in [-0.15, -0.1) is 0 Å². The monoisotopic (exact) mass is 466 g/mol. The fourth-order valence-corrected chi connectivity index (χ4v) is 4.66. The van der Waals surface area contributed by atoms with Crippen LogP contribution in [0.4, 0.5) is 0 Å². The quantitative estimate of drug-likeness (QED) is 0.515. The van der Waals surface area contributed by atoms with E-state index in [0.717, 1.165) is 11.1 Å². The van der Waals surface area contributed by atoms with Gasteiger partial charge in [0.15, 0.2) is 0 Å². The Morgan fingerprint density at radius 1 is 1.12 bits per heavy atom. The van der Waals surface area contributed by atoms with Gasteiger partial charge in [-0.3, -0.25) is 9.59 Å². The highest BCUT2D eigenvalue weighted by Gasteiger charge is 2.50. The van der Waals surface area contributed by atoms with Crippen molar-refractivity contribution in [1.29, 1.82) is 0 Å². The molecule has 0 spiro atoms. The molecule has 4 rings (SSSR count). The Kier molecular flexibility index (Phi) is 7.62. The average molecular weight is 467 g/mol. The van der Waals surface area contributed by atoms with Crippen LogP contribution in [0.3, 0.4) is 0 Å². The number of aliphatic hydroxyl groups excluding tert-OH is 2. The van der Waals surface area contributed by atoms with Crippen molar-refractivity contribution in [3.8, 4) is 5.75 Å². The number of nitrogens with zero attached hydrogens (tertiary/aromatic N) is 1. The number of hydrogen-bond donors (Lipinski definition) is 3. The summed E-state index contributed by atoms with van der Waals surface area (Å²) >= 11 is 0. The van der Waals surface area contributed by atoms with E-state index in [1.54, 1.807) is 11.0 Å². The van der Waals surface area contributed by atoms with E-state index < -0.39 is 24.2 Å². The van der Waals surface area contributed by atoms with Gasteiger partial charge in [0.05, 0.1) is 31.6 Å². The molecule has 2 amide bonds. The second-order valence-corrected chi connectivity index (χ2v) is 8.43. The van der Waals surface area contributed by atoms with Crippen molar-refractivity contribution in [2.45, 2.75) is 37.1 Å². The molecule has 0 fully saturated rings. The summed E-state index contributed by atoms with van der Waals surface area (Å²) in [6.07, 6.45) is 0.0389. The zero-order valence-corrected chi connectivity index (χ0v) is 19.1. The lowest BCUT2D eigenvalue weighted by molar-refractivity contribution is -0.139. The second kappa shape index (κ2) is 10.8. The number of carbonyl (C=O) groups excluding carboxylic acids is 2. The van der Waals surface area contributed by atoms with Crippen molar-refractivity contribution in [2.75, 3.05) is 26.9 Å². The maximum atomic E-state index is 13.2. The fraction of sp³-hybridized carbons (Fsp3) is 0.385. The molecule has 0 aromatic heterocycles. The predicted molar refractivity (Wildman–Crippen MR) is 125 cm³/mol. The second-order valence-electron chi connectivity index (χ2n) is 8.43. The molecule has 0 radical (unpaired) electrons. The zero-order valence-electron chi connectivity index (χ0n) is 19.1. The van der Waals surface area contributed by atoms with Crippen molar-refractivity contribution in [3.63, 3.8) is 0 Å². The van der Waals surface area contributed by atoms with Crippen molar-refractivity contribution >= 4 is 11.8 Å². The number of carbonyl (C=O) groups is 2. The molecule has 180 valence electrons. The molecule has 2 aromatic carbocycles. The molecule has 8 nitrogen and oxygen atoms in total. The minimum atomic E-state index is -1.05. The molecule has 2 aliphatic rings. The minimum Gasteiger partial charge on any atom is -0.486 e. The highest BCUT2D eigenvalue weighted by atomic mass is 16.5. The molecule has 1 aliphatic heterocycles. The first-order chi connectivity index (χ1) is 16.5. The zero-order chi connectivity index (χ0) is 24.1. The van der Waals surface area contributed by atoms with Gasteiger partial charge in [-0.2, -0.15) is 0 Å². The summed E-state index contributed by atoms with van der Waals surface area (Å²) in [6, 6.07) is 16.1. The van der Waals surface area contributed by atoms with Gasteiger partial charge in [0.1, 0.15) is 18.0 Å².